The average molecular weight is 416 g/mol. The molecule has 10 N–H and O–H groups in total. The van der Waals surface area contributed by atoms with E-state index < -0.39 is 60.7 Å². The van der Waals surface area contributed by atoms with E-state index in [1.807, 2.05) is 0 Å². The summed E-state index contributed by atoms with van der Waals surface area (Å²) in [6.45, 7) is 3.42. The van der Waals surface area contributed by atoms with E-state index in [2.05, 4.69) is 16.0 Å². The first kappa shape index (κ1) is 26.3. The molecule has 0 aliphatic carbocycles. The third kappa shape index (κ3) is 11.0. The Morgan fingerprint density at radius 3 is 2.07 bits per heavy atom. The Kier molecular flexibility index (Phi) is 12.2. The van der Waals surface area contributed by atoms with Crippen molar-refractivity contribution in [3.05, 3.63) is 0 Å². The molecule has 0 aliphatic heterocycles. The van der Waals surface area contributed by atoms with Crippen molar-refractivity contribution in [2.75, 3.05) is 13.1 Å². The van der Waals surface area contributed by atoms with Gasteiger partial charge in [-0.05, 0) is 31.7 Å². The molecule has 12 heteroatoms. The van der Waals surface area contributed by atoms with Crippen molar-refractivity contribution in [3.63, 3.8) is 0 Å². The van der Waals surface area contributed by atoms with Crippen LogP contribution in [-0.4, -0.2) is 65.9 Å². The molecule has 0 aliphatic rings. The highest BCUT2D eigenvalue weighted by Crippen LogP contribution is 2.04. The van der Waals surface area contributed by atoms with E-state index in [4.69, 9.17) is 22.3 Å². The van der Waals surface area contributed by atoms with Crippen LogP contribution >= 0.6 is 0 Å². The number of amides is 4. The normalized spacial score (nSPS) is 13.8. The largest absolute Gasteiger partial charge is 0.480 e. The van der Waals surface area contributed by atoms with Crippen LogP contribution in [-0.2, 0) is 24.0 Å². The smallest absolute Gasteiger partial charge is 0.326 e. The van der Waals surface area contributed by atoms with Gasteiger partial charge >= 0.3 is 5.97 Å². The van der Waals surface area contributed by atoms with Gasteiger partial charge in [0.1, 0.15) is 12.1 Å². The molecule has 0 spiro atoms. The summed E-state index contributed by atoms with van der Waals surface area (Å²) in [5.41, 5.74) is 16.2. The molecule has 0 aromatic heterocycles. The van der Waals surface area contributed by atoms with Crippen molar-refractivity contribution in [1.29, 1.82) is 0 Å². The first-order valence-corrected chi connectivity index (χ1v) is 9.33. The molecule has 0 aromatic carbocycles. The molecular formula is C17H32N6O6. The van der Waals surface area contributed by atoms with Gasteiger partial charge < -0.3 is 38.3 Å². The number of aliphatic carboxylic acids is 1. The number of carbonyl (C=O) groups is 5. The number of carbonyl (C=O) groups excluding carboxylic acids is 4. The zero-order valence-electron chi connectivity index (χ0n) is 16.8. The first-order valence-electron chi connectivity index (χ1n) is 9.33. The fourth-order valence-corrected chi connectivity index (χ4v) is 2.27. The second kappa shape index (κ2) is 13.4. The minimum atomic E-state index is -1.50. The van der Waals surface area contributed by atoms with Gasteiger partial charge in [0.25, 0.3) is 0 Å². The van der Waals surface area contributed by atoms with E-state index in [1.165, 1.54) is 0 Å². The summed E-state index contributed by atoms with van der Waals surface area (Å²) >= 11 is 0. The molecule has 0 radical (unpaired) electrons. The standard InChI is InChI=1S/C17H32N6O6/c1-9(2)14(20)16(27)23-10(5-3-4-6-18)15(26)21-8-13(25)22-11(17(28)29)7-12(19)24/h9-11,14H,3-8,18,20H2,1-2H3,(H2,19,24)(H,21,26)(H,22,25)(H,23,27)(H,28,29). The average Bonchev–Trinajstić information content (AvgIpc) is 2.63. The lowest BCUT2D eigenvalue weighted by Gasteiger charge is -2.22. The molecule has 3 atom stereocenters. The zero-order chi connectivity index (χ0) is 22.6. The highest BCUT2D eigenvalue weighted by Gasteiger charge is 2.26. The van der Waals surface area contributed by atoms with E-state index >= 15 is 0 Å². The van der Waals surface area contributed by atoms with Crippen LogP contribution < -0.4 is 33.2 Å². The molecule has 0 fully saturated rings. The third-order valence-corrected chi connectivity index (χ3v) is 4.06. The maximum Gasteiger partial charge on any atom is 0.326 e. The van der Waals surface area contributed by atoms with Gasteiger partial charge in [0.2, 0.25) is 23.6 Å². The minimum absolute atomic E-state index is 0.133. The number of primary amides is 1. The number of nitrogens with one attached hydrogen (secondary N) is 3. The summed E-state index contributed by atoms with van der Waals surface area (Å²) in [6.07, 6.45) is 0.919. The van der Waals surface area contributed by atoms with Crippen molar-refractivity contribution in [2.45, 2.75) is 57.7 Å². The summed E-state index contributed by atoms with van der Waals surface area (Å²) in [7, 11) is 0. The summed E-state index contributed by atoms with van der Waals surface area (Å²) in [6, 6.07) is -3.22. The molecule has 0 heterocycles. The third-order valence-electron chi connectivity index (χ3n) is 4.06. The van der Waals surface area contributed by atoms with Crippen molar-refractivity contribution in [1.82, 2.24) is 16.0 Å². The van der Waals surface area contributed by atoms with Gasteiger partial charge in [0.05, 0.1) is 19.0 Å². The lowest BCUT2D eigenvalue weighted by atomic mass is 10.0. The fraction of sp³-hybridized carbons (Fsp3) is 0.706. The van der Waals surface area contributed by atoms with Gasteiger partial charge in [-0.15, -0.1) is 0 Å². The van der Waals surface area contributed by atoms with Crippen LogP contribution in [0.4, 0.5) is 0 Å². The zero-order valence-corrected chi connectivity index (χ0v) is 16.8. The van der Waals surface area contributed by atoms with E-state index in [0.717, 1.165) is 0 Å². The van der Waals surface area contributed by atoms with Gasteiger partial charge in [-0.2, -0.15) is 0 Å². The molecule has 4 amide bonds. The first-order chi connectivity index (χ1) is 13.5. The van der Waals surface area contributed by atoms with E-state index in [-0.39, 0.29) is 5.92 Å². The van der Waals surface area contributed by atoms with Crippen LogP contribution in [0.25, 0.3) is 0 Å². The van der Waals surface area contributed by atoms with E-state index in [1.54, 1.807) is 13.8 Å². The summed E-state index contributed by atoms with van der Waals surface area (Å²) in [5.74, 6) is -4.40. The molecule has 12 nitrogen and oxygen atoms in total. The highest BCUT2D eigenvalue weighted by atomic mass is 16.4. The minimum Gasteiger partial charge on any atom is -0.480 e. The number of unbranched alkanes of at least 4 members (excludes halogenated alkanes) is 1. The maximum atomic E-state index is 12.4. The maximum absolute atomic E-state index is 12.4. The van der Waals surface area contributed by atoms with Crippen molar-refractivity contribution < 1.29 is 29.1 Å². The predicted molar refractivity (Wildman–Crippen MR) is 104 cm³/mol. The highest BCUT2D eigenvalue weighted by molar-refractivity contribution is 5.93. The number of rotatable bonds is 14. The van der Waals surface area contributed by atoms with Crippen molar-refractivity contribution in [3.8, 4) is 0 Å². The van der Waals surface area contributed by atoms with E-state index in [0.29, 0.717) is 25.8 Å². The van der Waals surface area contributed by atoms with Crippen LogP contribution in [0.3, 0.4) is 0 Å². The topological polar surface area (TPSA) is 220 Å². The van der Waals surface area contributed by atoms with Crippen LogP contribution in [0.15, 0.2) is 0 Å². The summed E-state index contributed by atoms with van der Waals surface area (Å²) in [5, 5.41) is 16.0. The number of nitrogens with two attached hydrogens (primary N) is 3. The van der Waals surface area contributed by atoms with Gasteiger partial charge in [-0.25, -0.2) is 4.79 Å². The Hall–Kier alpha value is -2.73. The Balaban J connectivity index is 4.85. The van der Waals surface area contributed by atoms with Crippen molar-refractivity contribution in [2.24, 2.45) is 23.1 Å². The molecule has 0 aromatic rings. The van der Waals surface area contributed by atoms with E-state index in [9.17, 15) is 24.0 Å². The number of carboxylic acid groups (broad SMARTS) is 1. The monoisotopic (exact) mass is 416 g/mol. The number of carboxylic acids is 1. The molecule has 0 saturated heterocycles. The van der Waals surface area contributed by atoms with Gasteiger partial charge in [0, 0.05) is 0 Å². The summed E-state index contributed by atoms with van der Waals surface area (Å²) in [4.78, 5) is 58.3. The molecule has 0 bridgehead atoms. The van der Waals surface area contributed by atoms with Crippen LogP contribution in [0.1, 0.15) is 39.5 Å². The van der Waals surface area contributed by atoms with Gasteiger partial charge in [-0.1, -0.05) is 13.8 Å². The fourth-order valence-electron chi connectivity index (χ4n) is 2.27. The van der Waals surface area contributed by atoms with Gasteiger partial charge in [-0.3, -0.25) is 19.2 Å². The second-order valence-electron chi connectivity index (χ2n) is 6.96. The number of hydrogen-bond acceptors (Lipinski definition) is 7. The molecule has 166 valence electrons. The second-order valence-corrected chi connectivity index (χ2v) is 6.96. The lowest BCUT2D eigenvalue weighted by Crippen LogP contribution is -2.54. The quantitative estimate of drug-likeness (QED) is 0.146. The summed E-state index contributed by atoms with van der Waals surface area (Å²) < 4.78 is 0. The number of hydrogen-bond donors (Lipinski definition) is 7. The molecule has 0 saturated carbocycles. The SMILES string of the molecule is CC(C)C(N)C(=O)NC(CCCCN)C(=O)NCC(=O)NC(CC(N)=O)C(=O)O. The van der Waals surface area contributed by atoms with Crippen LogP contribution in [0, 0.1) is 5.92 Å². The van der Waals surface area contributed by atoms with Crippen molar-refractivity contribution >= 4 is 29.6 Å². The Morgan fingerprint density at radius 2 is 1.59 bits per heavy atom. The Morgan fingerprint density at radius 1 is 0.966 bits per heavy atom. The molecular weight excluding hydrogens is 384 g/mol. The molecule has 0 rings (SSSR count). The Labute approximate surface area is 169 Å². The molecule has 29 heavy (non-hydrogen) atoms. The lowest BCUT2D eigenvalue weighted by molar-refractivity contribution is -0.143. The molecule has 3 unspecified atom stereocenters. The predicted octanol–water partition coefficient (Wildman–Crippen LogP) is -2.86. The van der Waals surface area contributed by atoms with Crippen LogP contribution in [0.5, 0.6) is 0 Å². The Bertz CT molecular complexity index is 597. The van der Waals surface area contributed by atoms with Gasteiger partial charge in [0.15, 0.2) is 0 Å². The van der Waals surface area contributed by atoms with Crippen LogP contribution in [0.2, 0.25) is 0 Å².